The Bertz CT molecular complexity index is 1200. The van der Waals surface area contributed by atoms with Gasteiger partial charge in [-0.2, -0.15) is 5.26 Å². The van der Waals surface area contributed by atoms with E-state index >= 15 is 0 Å². The van der Waals surface area contributed by atoms with Crippen LogP contribution in [0.5, 0.6) is 11.5 Å². The van der Waals surface area contributed by atoms with E-state index in [1.54, 1.807) is 6.07 Å². The Labute approximate surface area is 212 Å². The second kappa shape index (κ2) is 10.4. The summed E-state index contributed by atoms with van der Waals surface area (Å²) in [5, 5.41) is 19.0. The number of carbonyl (C=O) groups excluding carboxylic acids is 1. The number of primary amides is 1. The summed E-state index contributed by atoms with van der Waals surface area (Å²) in [6, 6.07) is 26.3. The maximum Gasteiger partial charge on any atom is 0.232 e. The number of ether oxygens (including phenoxy) is 1. The summed E-state index contributed by atoms with van der Waals surface area (Å²) >= 11 is 0. The molecule has 1 fully saturated rings. The quantitative estimate of drug-likeness (QED) is 0.458. The molecule has 1 atom stereocenters. The van der Waals surface area contributed by atoms with Gasteiger partial charge in [-0.1, -0.05) is 60.7 Å². The van der Waals surface area contributed by atoms with E-state index in [1.807, 2.05) is 66.7 Å². The van der Waals surface area contributed by atoms with Crippen LogP contribution in [-0.2, 0) is 10.2 Å². The number of amides is 1. The molecule has 0 radical (unpaired) electrons. The number of rotatable bonds is 9. The molecule has 3 aromatic carbocycles. The van der Waals surface area contributed by atoms with Crippen LogP contribution < -0.4 is 10.5 Å². The molecule has 0 spiro atoms. The Morgan fingerprint density at radius 1 is 1.06 bits per heavy atom. The Morgan fingerprint density at radius 2 is 1.67 bits per heavy atom. The van der Waals surface area contributed by atoms with E-state index in [9.17, 15) is 9.90 Å². The fourth-order valence-electron chi connectivity index (χ4n) is 5.24. The third-order valence-corrected chi connectivity index (χ3v) is 7.39. The molecule has 6 nitrogen and oxygen atoms in total. The van der Waals surface area contributed by atoms with Gasteiger partial charge in [0.2, 0.25) is 5.91 Å². The largest absolute Gasteiger partial charge is 0.508 e. The zero-order valence-corrected chi connectivity index (χ0v) is 20.9. The van der Waals surface area contributed by atoms with Gasteiger partial charge in [-0.25, -0.2) is 0 Å². The highest BCUT2D eigenvalue weighted by Crippen LogP contribution is 2.40. The van der Waals surface area contributed by atoms with Gasteiger partial charge in [0.1, 0.15) is 17.6 Å². The molecule has 0 bridgehead atoms. The Balaban J connectivity index is 1.52. The van der Waals surface area contributed by atoms with Crippen LogP contribution in [0, 0.1) is 11.3 Å². The lowest BCUT2D eigenvalue weighted by Crippen LogP contribution is -2.47. The first-order chi connectivity index (χ1) is 17.2. The van der Waals surface area contributed by atoms with E-state index in [-0.39, 0.29) is 23.3 Å². The number of phenols is 1. The van der Waals surface area contributed by atoms with Gasteiger partial charge in [0.05, 0.1) is 17.0 Å². The topological polar surface area (TPSA) is 99.6 Å². The van der Waals surface area contributed by atoms with Crippen LogP contribution in [0.4, 0.5) is 0 Å². The zero-order valence-electron chi connectivity index (χ0n) is 20.9. The van der Waals surface area contributed by atoms with Crippen molar-refractivity contribution in [2.45, 2.75) is 50.2 Å². The molecule has 1 aliphatic heterocycles. The first-order valence-corrected chi connectivity index (χ1v) is 12.3. The monoisotopic (exact) mass is 483 g/mol. The summed E-state index contributed by atoms with van der Waals surface area (Å²) in [5.41, 5.74) is 7.18. The Hall–Kier alpha value is -3.82. The van der Waals surface area contributed by atoms with Crippen LogP contribution in [0.25, 0.3) is 0 Å². The van der Waals surface area contributed by atoms with E-state index in [0.717, 1.165) is 30.5 Å². The maximum absolute atomic E-state index is 13.1. The number of nitrogens with two attached hydrogens (primary N) is 1. The van der Waals surface area contributed by atoms with Gasteiger partial charge in [0, 0.05) is 24.7 Å². The molecular formula is C30H33N3O3. The van der Waals surface area contributed by atoms with Crippen molar-refractivity contribution in [2.24, 2.45) is 5.73 Å². The number of hydrogen-bond donors (Lipinski definition) is 2. The second-order valence-electron chi connectivity index (χ2n) is 10.1. The molecule has 3 aromatic rings. The number of likely N-dealkylation sites (tertiary alicyclic amines) is 1. The number of benzene rings is 3. The van der Waals surface area contributed by atoms with Gasteiger partial charge in [-0.05, 0) is 56.4 Å². The van der Waals surface area contributed by atoms with E-state index < -0.39 is 5.41 Å². The number of phenolic OH excluding ortho intramolecular Hbond substituents is 1. The zero-order chi connectivity index (χ0) is 25.8. The first-order valence-electron chi connectivity index (χ1n) is 12.3. The molecule has 0 unspecified atom stereocenters. The minimum atomic E-state index is -0.926. The van der Waals surface area contributed by atoms with Crippen molar-refractivity contribution >= 4 is 5.91 Å². The predicted octanol–water partition coefficient (Wildman–Crippen LogP) is 4.75. The molecule has 3 N–H and O–H groups in total. The van der Waals surface area contributed by atoms with Crippen molar-refractivity contribution in [3.05, 3.63) is 95.6 Å². The van der Waals surface area contributed by atoms with E-state index in [2.05, 4.69) is 18.7 Å². The van der Waals surface area contributed by atoms with Crippen molar-refractivity contribution in [1.82, 2.24) is 4.90 Å². The fourth-order valence-corrected chi connectivity index (χ4v) is 5.24. The summed E-state index contributed by atoms with van der Waals surface area (Å²) in [5.74, 6) is 0.163. The van der Waals surface area contributed by atoms with Crippen molar-refractivity contribution in [2.75, 3.05) is 13.1 Å². The predicted molar refractivity (Wildman–Crippen MR) is 140 cm³/mol. The molecular weight excluding hydrogens is 450 g/mol. The average Bonchev–Trinajstić information content (AvgIpc) is 3.34. The third kappa shape index (κ3) is 5.22. The summed E-state index contributed by atoms with van der Waals surface area (Å²) in [6.07, 6.45) is 2.10. The lowest BCUT2D eigenvalue weighted by molar-refractivity contribution is -0.122. The lowest BCUT2D eigenvalue weighted by Gasteiger charge is -2.40. The van der Waals surface area contributed by atoms with Crippen LogP contribution in [0.15, 0.2) is 78.9 Å². The van der Waals surface area contributed by atoms with Crippen LogP contribution in [0.3, 0.4) is 0 Å². The minimum Gasteiger partial charge on any atom is -0.508 e. The molecule has 4 rings (SSSR count). The fraction of sp³-hybridized carbons (Fsp3) is 0.333. The number of aromatic hydroxyl groups is 1. The highest BCUT2D eigenvalue weighted by Gasteiger charge is 2.43. The molecule has 36 heavy (non-hydrogen) atoms. The van der Waals surface area contributed by atoms with Crippen molar-refractivity contribution in [3.8, 4) is 17.6 Å². The van der Waals surface area contributed by atoms with Crippen molar-refractivity contribution < 1.29 is 14.6 Å². The number of nitriles is 1. The number of hydrogen-bond acceptors (Lipinski definition) is 5. The molecule has 1 heterocycles. The standard InChI is InChI=1S/C30H33N3O3/c1-29(2,33-16-13-26(21-33)36-27-18-22(20-31)17-25(34)19-27)14-15-30(28(32)35,23-9-5-3-6-10-23)24-11-7-4-8-12-24/h3-12,17-19,26,34H,13-16,21H2,1-2H3,(H2,32,35)/t26-/m0/s1. The lowest BCUT2D eigenvalue weighted by atomic mass is 9.69. The van der Waals surface area contributed by atoms with Gasteiger partial charge in [-0.15, -0.1) is 0 Å². The SMILES string of the molecule is CC(C)(CCC(C(N)=O)(c1ccccc1)c1ccccc1)N1CC[C@H](Oc2cc(O)cc(C#N)c2)C1. The smallest absolute Gasteiger partial charge is 0.232 e. The summed E-state index contributed by atoms with van der Waals surface area (Å²) in [6.45, 7) is 5.95. The first kappa shape index (κ1) is 25.3. The van der Waals surface area contributed by atoms with E-state index in [0.29, 0.717) is 24.3 Å². The highest BCUT2D eigenvalue weighted by molar-refractivity contribution is 5.90. The van der Waals surface area contributed by atoms with E-state index in [1.165, 1.54) is 12.1 Å². The number of carbonyl (C=O) groups is 1. The molecule has 186 valence electrons. The summed E-state index contributed by atoms with van der Waals surface area (Å²) in [7, 11) is 0. The third-order valence-electron chi connectivity index (χ3n) is 7.39. The molecule has 1 saturated heterocycles. The van der Waals surface area contributed by atoms with Gasteiger partial charge in [-0.3, -0.25) is 9.69 Å². The van der Waals surface area contributed by atoms with Crippen molar-refractivity contribution in [1.29, 1.82) is 5.26 Å². The van der Waals surface area contributed by atoms with Crippen LogP contribution >= 0.6 is 0 Å². The molecule has 1 aliphatic rings. The minimum absolute atomic E-state index is 0.0175. The summed E-state index contributed by atoms with van der Waals surface area (Å²) < 4.78 is 6.12. The van der Waals surface area contributed by atoms with Gasteiger partial charge in [0.25, 0.3) is 0 Å². The molecule has 0 aromatic heterocycles. The van der Waals surface area contributed by atoms with E-state index in [4.69, 9.17) is 15.7 Å². The van der Waals surface area contributed by atoms with Crippen LogP contribution in [0.2, 0.25) is 0 Å². The second-order valence-corrected chi connectivity index (χ2v) is 10.1. The van der Waals surface area contributed by atoms with Gasteiger partial charge < -0.3 is 15.6 Å². The Kier molecular flexibility index (Phi) is 7.32. The Morgan fingerprint density at radius 3 is 2.22 bits per heavy atom. The molecule has 6 heteroatoms. The molecule has 0 saturated carbocycles. The van der Waals surface area contributed by atoms with Crippen molar-refractivity contribution in [3.63, 3.8) is 0 Å². The molecule has 0 aliphatic carbocycles. The summed E-state index contributed by atoms with van der Waals surface area (Å²) in [4.78, 5) is 15.5. The highest BCUT2D eigenvalue weighted by atomic mass is 16.5. The van der Waals surface area contributed by atoms with Crippen LogP contribution in [0.1, 0.15) is 49.8 Å². The number of nitrogens with zero attached hydrogens (tertiary/aromatic N) is 2. The maximum atomic E-state index is 13.1. The van der Waals surface area contributed by atoms with Crippen LogP contribution in [-0.4, -0.2) is 40.6 Å². The van der Waals surface area contributed by atoms with Gasteiger partial charge in [0.15, 0.2) is 0 Å². The average molecular weight is 484 g/mol. The van der Waals surface area contributed by atoms with Gasteiger partial charge >= 0.3 is 0 Å². The normalized spacial score (nSPS) is 16.4. The molecule has 1 amide bonds.